The molecule has 6 nitrogen and oxygen atoms in total. The lowest BCUT2D eigenvalue weighted by atomic mass is 9.33. The Morgan fingerprint density at radius 2 is 1.60 bits per heavy atom. The van der Waals surface area contributed by atoms with Crippen LogP contribution in [0.25, 0.3) is 5.57 Å². The van der Waals surface area contributed by atoms with E-state index in [1.165, 1.54) is 87.3 Å². The number of nitrogens with zero attached hydrogens (tertiary/aromatic N) is 2. The van der Waals surface area contributed by atoms with Crippen LogP contribution in [0.5, 0.6) is 0 Å². The van der Waals surface area contributed by atoms with E-state index in [0.29, 0.717) is 46.0 Å². The number of carbonyl (C=O) groups is 1. The van der Waals surface area contributed by atoms with Crippen molar-refractivity contribution in [1.29, 1.82) is 0 Å². The Labute approximate surface area is 321 Å². The molecule has 10 atom stereocenters. The maximum absolute atomic E-state index is 11.6. The van der Waals surface area contributed by atoms with Crippen LogP contribution in [0.2, 0.25) is 0 Å². The molecule has 6 aliphatic carbocycles. The zero-order chi connectivity index (χ0) is 37.6. The number of rotatable bonds is 9. The predicted molar refractivity (Wildman–Crippen MR) is 215 cm³/mol. The molecule has 0 spiro atoms. The number of carboxylic acids is 1. The number of hydrogen-bond donors (Lipinski definition) is 3. The zero-order valence-corrected chi connectivity index (χ0v) is 34.1. The molecule has 1 aromatic rings. The topological polar surface area (TPSA) is 76.0 Å². The van der Waals surface area contributed by atoms with E-state index >= 15 is 0 Å². The fraction of sp³-hybridized carbons (Fsp3) is 0.766. The van der Waals surface area contributed by atoms with Gasteiger partial charge in [0.2, 0.25) is 0 Å². The molecular weight excluding hydrogens is 655 g/mol. The molecule has 0 aromatic heterocycles. The molecule has 1 heterocycles. The second kappa shape index (κ2) is 13.6. The molecule has 8 rings (SSSR count). The van der Waals surface area contributed by atoms with Gasteiger partial charge in [-0.15, -0.1) is 0 Å². The Kier molecular flexibility index (Phi) is 9.72. The Balaban J connectivity index is 0.993. The van der Waals surface area contributed by atoms with E-state index in [4.69, 9.17) is 0 Å². The molecule has 0 amide bonds. The van der Waals surface area contributed by atoms with Gasteiger partial charge in [0.1, 0.15) is 6.23 Å². The van der Waals surface area contributed by atoms with Crippen molar-refractivity contribution in [2.75, 3.05) is 39.3 Å². The quantitative estimate of drug-likeness (QED) is 0.221. The molecule has 0 radical (unpaired) electrons. The zero-order valence-electron chi connectivity index (χ0n) is 34.1. The summed E-state index contributed by atoms with van der Waals surface area (Å²) in [5, 5.41) is 24.7. The van der Waals surface area contributed by atoms with Gasteiger partial charge < -0.3 is 15.5 Å². The third-order valence-corrected chi connectivity index (χ3v) is 18.3. The highest BCUT2D eigenvalue weighted by Gasteiger charge is 2.70. The van der Waals surface area contributed by atoms with Crippen LogP contribution < -0.4 is 5.32 Å². The van der Waals surface area contributed by atoms with Gasteiger partial charge in [-0.25, -0.2) is 4.79 Å². The fourth-order valence-electron chi connectivity index (χ4n) is 15.1. The van der Waals surface area contributed by atoms with Crippen molar-refractivity contribution >= 4 is 11.5 Å². The predicted octanol–water partition coefficient (Wildman–Crippen LogP) is 9.11. The molecule has 0 bridgehead atoms. The number of aliphatic hydroxyl groups excluding tert-OH is 1. The van der Waals surface area contributed by atoms with Gasteiger partial charge in [0.05, 0.1) is 5.56 Å². The lowest BCUT2D eigenvalue weighted by molar-refractivity contribution is -0.219. The summed E-state index contributed by atoms with van der Waals surface area (Å²) in [5.74, 6) is 2.96. The molecular formula is C47H71N3O3. The van der Waals surface area contributed by atoms with E-state index in [2.05, 4.69) is 69.3 Å². The minimum absolute atomic E-state index is 0.0298. The third kappa shape index (κ3) is 5.88. The number of carboxylic acid groups (broad SMARTS) is 1. The molecule has 3 N–H and O–H groups in total. The lowest BCUT2D eigenvalue weighted by Crippen LogP contribution is -2.68. The van der Waals surface area contributed by atoms with Crippen LogP contribution in [0.15, 0.2) is 42.5 Å². The molecule has 7 aliphatic rings. The summed E-state index contributed by atoms with van der Waals surface area (Å²) in [6.07, 6.45) is 17.6. The second-order valence-corrected chi connectivity index (χ2v) is 20.7. The van der Waals surface area contributed by atoms with Crippen molar-refractivity contribution in [3.63, 3.8) is 0 Å². The van der Waals surface area contributed by atoms with Crippen molar-refractivity contribution in [2.45, 2.75) is 130 Å². The first kappa shape index (κ1) is 37.9. The summed E-state index contributed by atoms with van der Waals surface area (Å²) in [6.45, 7) is 26.4. The van der Waals surface area contributed by atoms with Crippen LogP contribution >= 0.6 is 0 Å². The highest BCUT2D eigenvalue weighted by atomic mass is 16.4. The molecule has 1 unspecified atom stereocenters. The first-order chi connectivity index (χ1) is 25.1. The summed E-state index contributed by atoms with van der Waals surface area (Å²) in [5.41, 5.74) is 5.52. The first-order valence-corrected chi connectivity index (χ1v) is 21.7. The summed E-state index contributed by atoms with van der Waals surface area (Å²) in [4.78, 5) is 16.6. The Morgan fingerprint density at radius 3 is 2.25 bits per heavy atom. The molecule has 1 saturated heterocycles. The van der Waals surface area contributed by atoms with Crippen molar-refractivity contribution in [3.05, 3.63) is 53.6 Å². The largest absolute Gasteiger partial charge is 0.478 e. The minimum Gasteiger partial charge on any atom is -0.478 e. The average molecular weight is 726 g/mol. The normalized spacial score (nSPS) is 41.9. The third-order valence-electron chi connectivity index (χ3n) is 18.3. The number of benzene rings is 1. The monoisotopic (exact) mass is 726 g/mol. The summed E-state index contributed by atoms with van der Waals surface area (Å²) in [6, 6.07) is 7.66. The molecule has 6 fully saturated rings. The number of fused-ring (bicyclic) bond motifs is 7. The minimum atomic E-state index is -0.857. The van der Waals surface area contributed by atoms with Crippen LogP contribution in [-0.4, -0.2) is 77.0 Å². The number of aliphatic hydroxyl groups is 1. The van der Waals surface area contributed by atoms with Crippen LogP contribution in [0, 0.1) is 57.2 Å². The Bertz CT molecular complexity index is 1590. The van der Waals surface area contributed by atoms with E-state index in [1.54, 1.807) is 12.1 Å². The van der Waals surface area contributed by atoms with Crippen molar-refractivity contribution in [1.82, 2.24) is 15.1 Å². The van der Waals surface area contributed by atoms with Crippen molar-refractivity contribution in [2.24, 2.45) is 57.2 Å². The van der Waals surface area contributed by atoms with E-state index in [0.717, 1.165) is 51.6 Å². The van der Waals surface area contributed by atoms with Gasteiger partial charge in [-0.3, -0.25) is 9.80 Å². The Hall–Kier alpha value is -1.99. The van der Waals surface area contributed by atoms with Crippen LogP contribution in [0.3, 0.4) is 0 Å². The van der Waals surface area contributed by atoms with Crippen molar-refractivity contribution in [3.8, 4) is 0 Å². The first-order valence-electron chi connectivity index (χ1n) is 21.7. The maximum Gasteiger partial charge on any atom is 0.335 e. The fourth-order valence-corrected chi connectivity index (χ4v) is 15.1. The summed E-state index contributed by atoms with van der Waals surface area (Å²) in [7, 11) is 0. The van der Waals surface area contributed by atoms with Gasteiger partial charge in [0.25, 0.3) is 0 Å². The SMILES string of the molecule is C=C(C)[C@@H]1CC[C@]2(NCCN3CCN(C(O)C4CCC4)CC3)CC[C@]3(C)[C@H](CC[C@@H]4[C@@]5(C)CC=C(c6ccc(C(=O)O)cc6)C(C)(C)[C@@H]5CC[C@]43C)[C@@H]12. The van der Waals surface area contributed by atoms with E-state index < -0.39 is 5.97 Å². The van der Waals surface area contributed by atoms with Crippen LogP contribution in [-0.2, 0) is 0 Å². The van der Waals surface area contributed by atoms with E-state index in [-0.39, 0.29) is 22.6 Å². The number of hydrogen-bond acceptors (Lipinski definition) is 5. The van der Waals surface area contributed by atoms with Gasteiger partial charge in [0, 0.05) is 44.8 Å². The van der Waals surface area contributed by atoms with Crippen LogP contribution in [0.1, 0.15) is 135 Å². The highest BCUT2D eigenvalue weighted by molar-refractivity contribution is 5.88. The molecule has 6 heteroatoms. The summed E-state index contributed by atoms with van der Waals surface area (Å²) >= 11 is 0. The number of nitrogens with one attached hydrogen (secondary N) is 1. The smallest absolute Gasteiger partial charge is 0.335 e. The van der Waals surface area contributed by atoms with Crippen molar-refractivity contribution < 1.29 is 15.0 Å². The molecule has 5 saturated carbocycles. The number of allylic oxidation sites excluding steroid dienone is 3. The van der Waals surface area contributed by atoms with E-state index in [9.17, 15) is 15.0 Å². The van der Waals surface area contributed by atoms with E-state index in [1.807, 2.05) is 12.1 Å². The molecule has 1 aromatic carbocycles. The number of aromatic carboxylic acids is 1. The molecule has 292 valence electrons. The number of piperazine rings is 1. The highest BCUT2D eigenvalue weighted by Crippen LogP contribution is 2.76. The maximum atomic E-state index is 11.6. The summed E-state index contributed by atoms with van der Waals surface area (Å²) < 4.78 is 0. The van der Waals surface area contributed by atoms with Gasteiger partial charge in [-0.05, 0) is 158 Å². The molecule has 1 aliphatic heterocycles. The van der Waals surface area contributed by atoms with Gasteiger partial charge >= 0.3 is 5.97 Å². The lowest BCUT2D eigenvalue weighted by Gasteiger charge is -2.72. The second-order valence-electron chi connectivity index (χ2n) is 20.7. The van der Waals surface area contributed by atoms with Crippen LogP contribution in [0.4, 0.5) is 0 Å². The standard InChI is InChI=1S/C47H71N3O3/c1-31(2)35-17-22-47(48-25-26-49-27-29-50(30-28-49)41(51)33-9-8-10-33)24-23-45(6)37(40(35)47)15-16-39-44(5)20-18-36(32-11-13-34(14-12-32)42(52)53)43(3,4)38(44)19-21-46(39,45)7/h11-14,18,33,35,37-41,48,51H,1,8-10,15-17,19-30H2,2-7H3,(H,52,53)/t35-,37+,38-,39+,40+,41?,44-,45+,46+,47-/m0/s1. The van der Waals surface area contributed by atoms with Gasteiger partial charge in [-0.1, -0.05) is 71.4 Å². The molecule has 53 heavy (non-hydrogen) atoms. The average Bonchev–Trinajstić information content (AvgIpc) is 3.48. The Morgan fingerprint density at radius 1 is 0.887 bits per heavy atom. The van der Waals surface area contributed by atoms with Gasteiger partial charge in [0.15, 0.2) is 0 Å². The van der Waals surface area contributed by atoms with Gasteiger partial charge in [-0.2, -0.15) is 0 Å².